The van der Waals surface area contributed by atoms with E-state index in [4.69, 9.17) is 5.11 Å². The summed E-state index contributed by atoms with van der Waals surface area (Å²) >= 11 is 0. The maximum Gasteiger partial charge on any atom is 0.313 e. The minimum atomic E-state index is -4.43. The number of rotatable bonds is 10. The molecule has 0 saturated heterocycles. The van der Waals surface area contributed by atoms with Crippen molar-refractivity contribution >= 4 is 49.7 Å². The number of carbonyl (C=O) groups is 1. The zero-order valence-electron chi connectivity index (χ0n) is 12.2. The first-order valence-corrected chi connectivity index (χ1v) is 14.7. The second kappa shape index (κ2) is 9.01. The summed E-state index contributed by atoms with van der Waals surface area (Å²) in [7, 11) is -10.8. The van der Waals surface area contributed by atoms with Gasteiger partial charge in [0, 0.05) is 6.20 Å². The van der Waals surface area contributed by atoms with Crippen LogP contribution in [0.1, 0.15) is 0 Å². The van der Waals surface area contributed by atoms with Crippen LogP contribution in [0, 0.1) is 0 Å². The third kappa shape index (κ3) is 9.39. The van der Waals surface area contributed by atoms with Gasteiger partial charge in [-0.3, -0.25) is 18.5 Å². The lowest BCUT2D eigenvalue weighted by molar-refractivity contribution is -0.134. The highest BCUT2D eigenvalue weighted by Gasteiger charge is 2.38. The molecule has 0 aliphatic rings. The first-order chi connectivity index (χ1) is 10.9. The molecule has 1 rings (SSSR count). The Morgan fingerprint density at radius 1 is 1.04 bits per heavy atom. The quantitative estimate of drug-likeness (QED) is 0.316. The van der Waals surface area contributed by atoms with Crippen molar-refractivity contribution in [2.75, 3.05) is 23.5 Å². The van der Waals surface area contributed by atoms with E-state index in [1.807, 2.05) is 0 Å². The summed E-state index contributed by atoms with van der Waals surface area (Å²) in [6, 6.07) is 5.13. The number of carboxylic acid groups (broad SMARTS) is 1. The topological polar surface area (TPSA) is 162 Å². The van der Waals surface area contributed by atoms with Crippen LogP contribution in [0.25, 0.3) is 0 Å². The monoisotopic (exact) mass is 435 g/mol. The zero-order valence-corrected chi connectivity index (χ0v) is 16.5. The maximum absolute atomic E-state index is 12.0. The van der Waals surface area contributed by atoms with Crippen LogP contribution in [0.2, 0.25) is 0 Å². The standard InChI is InChI=1S/C10H16NO8P3S2/c12-10(13)5-20(14,15)6-21(16,17)7-22(18,19)8-23-24-9-3-1-2-4-11-9/h1-4H,5-8H2,(H,12,13)(H,14,15)(H,16,17)(H,18,19). The van der Waals surface area contributed by atoms with E-state index in [-0.39, 0.29) is 5.49 Å². The van der Waals surface area contributed by atoms with Crippen LogP contribution in [-0.2, 0) is 18.5 Å². The molecule has 4 N–H and O–H groups in total. The highest BCUT2D eigenvalue weighted by Crippen LogP contribution is 2.65. The second-order valence-corrected chi connectivity index (χ2v) is 15.6. The summed E-state index contributed by atoms with van der Waals surface area (Å²) in [5, 5.41) is 9.08. The maximum atomic E-state index is 12.0. The molecule has 0 saturated carbocycles. The van der Waals surface area contributed by atoms with Crippen LogP contribution in [-0.4, -0.2) is 54.2 Å². The smallest absolute Gasteiger partial charge is 0.313 e. The Kier molecular flexibility index (Phi) is 8.23. The van der Waals surface area contributed by atoms with E-state index in [1.54, 1.807) is 24.4 Å². The Labute approximate surface area is 146 Å². The van der Waals surface area contributed by atoms with Gasteiger partial charge >= 0.3 is 5.97 Å². The van der Waals surface area contributed by atoms with Gasteiger partial charge in [0.1, 0.15) is 23.0 Å². The van der Waals surface area contributed by atoms with E-state index in [9.17, 15) is 33.2 Å². The number of carboxylic acids is 1. The molecule has 3 unspecified atom stereocenters. The summed E-state index contributed by atoms with van der Waals surface area (Å²) in [5.41, 5.74) is -0.354. The lowest BCUT2D eigenvalue weighted by atomic mass is 10.5. The fourth-order valence-corrected chi connectivity index (χ4v) is 14.0. The molecule has 0 amide bonds. The molecule has 136 valence electrons. The highest BCUT2D eigenvalue weighted by molar-refractivity contribution is 8.77. The molecule has 3 atom stereocenters. The average molecular weight is 435 g/mol. The molecule has 0 aromatic carbocycles. The van der Waals surface area contributed by atoms with Gasteiger partial charge in [0.05, 0.1) is 5.49 Å². The molecule has 0 radical (unpaired) electrons. The molecule has 0 fully saturated rings. The fourth-order valence-electron chi connectivity index (χ4n) is 1.60. The van der Waals surface area contributed by atoms with Crippen molar-refractivity contribution in [2.24, 2.45) is 0 Å². The summed E-state index contributed by atoms with van der Waals surface area (Å²) < 4.78 is 35.5. The number of nitrogens with zero attached hydrogens (tertiary/aromatic N) is 1. The summed E-state index contributed by atoms with van der Waals surface area (Å²) in [4.78, 5) is 43.3. The normalized spacial score (nSPS) is 19.0. The minimum absolute atomic E-state index is 0.354. The minimum Gasteiger partial charge on any atom is -0.481 e. The summed E-state index contributed by atoms with van der Waals surface area (Å²) in [6.07, 6.45) is 0.377. The molecular formula is C10H16NO8P3S2. The first kappa shape index (κ1) is 21.9. The van der Waals surface area contributed by atoms with Gasteiger partial charge in [-0.1, -0.05) is 16.9 Å². The highest BCUT2D eigenvalue weighted by atomic mass is 33.1. The molecular weight excluding hydrogens is 419 g/mol. The molecule has 1 heterocycles. The van der Waals surface area contributed by atoms with Gasteiger partial charge in [-0.25, -0.2) is 4.98 Å². The van der Waals surface area contributed by atoms with Crippen LogP contribution < -0.4 is 0 Å². The van der Waals surface area contributed by atoms with Gasteiger partial charge in [-0.15, -0.1) is 0 Å². The largest absolute Gasteiger partial charge is 0.481 e. The van der Waals surface area contributed by atoms with Gasteiger partial charge in [0.15, 0.2) is 0 Å². The van der Waals surface area contributed by atoms with Crippen molar-refractivity contribution in [1.82, 2.24) is 4.98 Å². The van der Waals surface area contributed by atoms with Gasteiger partial charge in [0.25, 0.3) is 0 Å². The predicted octanol–water partition coefficient (Wildman–Crippen LogP) is 2.59. The number of pyridine rings is 1. The van der Waals surface area contributed by atoms with Gasteiger partial charge in [-0.05, 0) is 22.9 Å². The molecule has 9 nitrogen and oxygen atoms in total. The zero-order chi connectivity index (χ0) is 18.4. The molecule has 0 spiro atoms. The first-order valence-electron chi connectivity index (χ1n) is 6.26. The Hall–Kier alpha value is -0.110. The van der Waals surface area contributed by atoms with Gasteiger partial charge < -0.3 is 19.8 Å². The van der Waals surface area contributed by atoms with Crippen molar-refractivity contribution in [3.05, 3.63) is 24.4 Å². The van der Waals surface area contributed by atoms with Gasteiger partial charge in [0.2, 0.25) is 22.1 Å². The van der Waals surface area contributed by atoms with E-state index in [0.29, 0.717) is 5.03 Å². The molecule has 0 aliphatic heterocycles. The van der Waals surface area contributed by atoms with Crippen LogP contribution in [0.15, 0.2) is 29.4 Å². The van der Waals surface area contributed by atoms with Crippen LogP contribution >= 0.6 is 43.7 Å². The molecule has 1 aromatic heterocycles. The van der Waals surface area contributed by atoms with E-state index in [1.165, 1.54) is 0 Å². The molecule has 0 aliphatic carbocycles. The molecule has 0 bridgehead atoms. The SMILES string of the molecule is O=C(O)CP(=O)(O)CP(=O)(O)CP(=O)(O)CSSc1ccccn1. The van der Waals surface area contributed by atoms with E-state index < -0.39 is 46.0 Å². The van der Waals surface area contributed by atoms with Crippen molar-refractivity contribution in [2.45, 2.75) is 5.03 Å². The van der Waals surface area contributed by atoms with E-state index >= 15 is 0 Å². The van der Waals surface area contributed by atoms with Crippen LogP contribution in [0.5, 0.6) is 0 Å². The van der Waals surface area contributed by atoms with Crippen molar-refractivity contribution in [3.63, 3.8) is 0 Å². The fraction of sp³-hybridized carbons (Fsp3) is 0.400. The lowest BCUT2D eigenvalue weighted by Gasteiger charge is -2.18. The molecule has 24 heavy (non-hydrogen) atoms. The van der Waals surface area contributed by atoms with Crippen molar-refractivity contribution < 1.29 is 38.3 Å². The van der Waals surface area contributed by atoms with E-state index in [2.05, 4.69) is 4.98 Å². The number of hydrogen-bond acceptors (Lipinski definition) is 7. The third-order valence-corrected chi connectivity index (χ3v) is 14.5. The molecule has 1 aromatic rings. The Balaban J connectivity index is 2.57. The lowest BCUT2D eigenvalue weighted by Crippen LogP contribution is -2.07. The third-order valence-electron chi connectivity index (χ3n) is 2.30. The molecule has 14 heteroatoms. The number of aliphatic carboxylic acids is 1. The Morgan fingerprint density at radius 3 is 2.21 bits per heavy atom. The Morgan fingerprint density at radius 2 is 1.67 bits per heavy atom. The average Bonchev–Trinajstić information content (AvgIpc) is 2.34. The number of aromatic nitrogens is 1. The predicted molar refractivity (Wildman–Crippen MR) is 94.3 cm³/mol. The van der Waals surface area contributed by atoms with Gasteiger partial charge in [-0.2, -0.15) is 0 Å². The number of hydrogen-bond donors (Lipinski definition) is 4. The second-order valence-electron chi connectivity index (χ2n) is 4.87. The summed E-state index contributed by atoms with van der Waals surface area (Å²) in [6.45, 7) is 0. The van der Waals surface area contributed by atoms with Crippen molar-refractivity contribution in [1.29, 1.82) is 0 Å². The van der Waals surface area contributed by atoms with Crippen LogP contribution in [0.3, 0.4) is 0 Å². The summed E-state index contributed by atoms with van der Waals surface area (Å²) in [5.74, 6) is -3.83. The Bertz CT molecular complexity index is 715. The van der Waals surface area contributed by atoms with E-state index in [0.717, 1.165) is 21.6 Å². The van der Waals surface area contributed by atoms with Crippen molar-refractivity contribution in [3.8, 4) is 0 Å². The van der Waals surface area contributed by atoms with Crippen LogP contribution in [0.4, 0.5) is 0 Å².